The van der Waals surface area contributed by atoms with Crippen molar-refractivity contribution in [1.82, 2.24) is 14.9 Å². The number of hydrogen-bond acceptors (Lipinski definition) is 3. The summed E-state index contributed by atoms with van der Waals surface area (Å²) in [7, 11) is 0. The molecule has 128 valence electrons. The lowest BCUT2D eigenvalue weighted by Crippen LogP contribution is -2.44. The molecule has 0 aliphatic carbocycles. The fourth-order valence-electron chi connectivity index (χ4n) is 3.22. The van der Waals surface area contributed by atoms with Crippen LogP contribution in [0.5, 0.6) is 5.75 Å². The molecule has 1 aromatic carbocycles. The third-order valence-corrected chi connectivity index (χ3v) is 4.74. The van der Waals surface area contributed by atoms with Crippen LogP contribution < -0.4 is 4.74 Å². The number of carbonyl (C=O) groups is 1. The number of nitrogens with zero attached hydrogens (tertiary/aromatic N) is 2. The van der Waals surface area contributed by atoms with Crippen LogP contribution in [0.3, 0.4) is 0 Å². The number of pyridine rings is 1. The van der Waals surface area contributed by atoms with Gasteiger partial charge in [0.1, 0.15) is 22.6 Å². The molecule has 1 saturated heterocycles. The van der Waals surface area contributed by atoms with Crippen LogP contribution in [0.15, 0.2) is 48.8 Å². The molecule has 1 amide bonds. The summed E-state index contributed by atoms with van der Waals surface area (Å²) in [4.78, 5) is 21.8. The van der Waals surface area contributed by atoms with Crippen molar-refractivity contribution in [3.05, 3.63) is 59.5 Å². The fraction of sp³-hybridized carbons (Fsp3) is 0.263. The highest BCUT2D eigenvalue weighted by molar-refractivity contribution is 6.31. The molecule has 1 N–H and O–H groups in total. The highest BCUT2D eigenvalue weighted by Gasteiger charge is 2.27. The molecule has 25 heavy (non-hydrogen) atoms. The van der Waals surface area contributed by atoms with Crippen molar-refractivity contribution in [2.75, 3.05) is 13.1 Å². The number of benzene rings is 1. The van der Waals surface area contributed by atoms with E-state index in [4.69, 9.17) is 16.3 Å². The number of H-pyrrole nitrogens is 1. The van der Waals surface area contributed by atoms with Crippen molar-refractivity contribution in [2.45, 2.75) is 18.9 Å². The molecule has 6 heteroatoms. The summed E-state index contributed by atoms with van der Waals surface area (Å²) in [5, 5.41) is 1.53. The number of para-hydroxylation sites is 1. The van der Waals surface area contributed by atoms with E-state index in [1.807, 2.05) is 35.2 Å². The normalized spacial score (nSPS) is 17.6. The molecule has 0 radical (unpaired) electrons. The van der Waals surface area contributed by atoms with Crippen molar-refractivity contribution in [2.24, 2.45) is 0 Å². The Kier molecular flexibility index (Phi) is 4.32. The second-order valence-electron chi connectivity index (χ2n) is 6.21. The first-order chi connectivity index (χ1) is 12.2. The molecule has 0 saturated carbocycles. The summed E-state index contributed by atoms with van der Waals surface area (Å²) in [6, 6.07) is 11.5. The molecule has 1 fully saturated rings. The Balaban J connectivity index is 1.48. The minimum absolute atomic E-state index is 0.00493. The Morgan fingerprint density at radius 1 is 1.32 bits per heavy atom. The first kappa shape index (κ1) is 16.0. The Morgan fingerprint density at radius 2 is 2.20 bits per heavy atom. The summed E-state index contributed by atoms with van der Waals surface area (Å²) in [5.74, 6) is 0.618. The number of halogens is 1. The van der Waals surface area contributed by atoms with Crippen LogP contribution >= 0.6 is 11.6 Å². The molecule has 1 aliphatic heterocycles. The molecule has 1 unspecified atom stereocenters. The topological polar surface area (TPSA) is 58.2 Å². The molecular weight excluding hydrogens is 338 g/mol. The van der Waals surface area contributed by atoms with Crippen molar-refractivity contribution in [1.29, 1.82) is 0 Å². The first-order valence-electron chi connectivity index (χ1n) is 8.34. The lowest BCUT2D eigenvalue weighted by molar-refractivity contribution is 0.0533. The van der Waals surface area contributed by atoms with E-state index in [0.717, 1.165) is 30.3 Å². The lowest BCUT2D eigenvalue weighted by Gasteiger charge is -2.32. The van der Waals surface area contributed by atoms with Gasteiger partial charge in [0, 0.05) is 35.9 Å². The van der Waals surface area contributed by atoms with Gasteiger partial charge in [0.05, 0.1) is 6.54 Å². The van der Waals surface area contributed by atoms with E-state index in [1.165, 1.54) is 0 Å². The number of hydrogen-bond donors (Lipinski definition) is 1. The number of likely N-dealkylation sites (tertiary alicyclic amines) is 1. The van der Waals surface area contributed by atoms with Gasteiger partial charge in [-0.15, -0.1) is 0 Å². The number of rotatable bonds is 3. The number of carbonyl (C=O) groups excluding carboxylic acids is 1. The Hall–Kier alpha value is -2.53. The van der Waals surface area contributed by atoms with Crippen LogP contribution in [-0.4, -0.2) is 40.0 Å². The van der Waals surface area contributed by atoms with Crippen LogP contribution in [0, 0.1) is 0 Å². The number of piperidine rings is 1. The van der Waals surface area contributed by atoms with Gasteiger partial charge in [-0.25, -0.2) is 0 Å². The highest BCUT2D eigenvalue weighted by Crippen LogP contribution is 2.26. The van der Waals surface area contributed by atoms with Crippen molar-refractivity contribution in [3.8, 4) is 5.75 Å². The van der Waals surface area contributed by atoms with Gasteiger partial charge >= 0.3 is 0 Å². The third kappa shape index (κ3) is 3.33. The van der Waals surface area contributed by atoms with Crippen LogP contribution in [0.2, 0.25) is 5.02 Å². The van der Waals surface area contributed by atoms with E-state index < -0.39 is 0 Å². The highest BCUT2D eigenvalue weighted by atomic mass is 35.5. The molecule has 2 aromatic heterocycles. The number of aromatic amines is 1. The van der Waals surface area contributed by atoms with E-state index in [9.17, 15) is 4.79 Å². The maximum atomic E-state index is 12.8. The fourth-order valence-corrected chi connectivity index (χ4v) is 3.38. The second-order valence-corrected chi connectivity index (χ2v) is 6.62. The predicted molar refractivity (Wildman–Crippen MR) is 97.1 cm³/mol. The first-order valence-corrected chi connectivity index (χ1v) is 8.72. The summed E-state index contributed by atoms with van der Waals surface area (Å²) < 4.78 is 5.99. The minimum atomic E-state index is -0.0676. The zero-order valence-corrected chi connectivity index (χ0v) is 14.4. The Morgan fingerprint density at radius 3 is 3.04 bits per heavy atom. The predicted octanol–water partition coefficient (Wildman–Crippen LogP) is 3.90. The number of fused-ring (bicyclic) bond motifs is 1. The molecule has 3 aromatic rings. The Labute approximate surface area is 150 Å². The van der Waals surface area contributed by atoms with Crippen molar-refractivity contribution < 1.29 is 9.53 Å². The number of aromatic nitrogens is 2. The summed E-state index contributed by atoms with van der Waals surface area (Å²) in [5.41, 5.74) is 1.59. The zero-order chi connectivity index (χ0) is 17.2. The van der Waals surface area contributed by atoms with Gasteiger partial charge in [-0.05, 0) is 25.0 Å². The second kappa shape index (κ2) is 6.76. The monoisotopic (exact) mass is 355 g/mol. The van der Waals surface area contributed by atoms with E-state index in [0.29, 0.717) is 23.0 Å². The van der Waals surface area contributed by atoms with E-state index in [2.05, 4.69) is 9.97 Å². The average Bonchev–Trinajstić information content (AvgIpc) is 3.07. The van der Waals surface area contributed by atoms with Crippen LogP contribution in [0.4, 0.5) is 0 Å². The van der Waals surface area contributed by atoms with Gasteiger partial charge in [-0.1, -0.05) is 29.8 Å². The van der Waals surface area contributed by atoms with Gasteiger partial charge < -0.3 is 14.6 Å². The van der Waals surface area contributed by atoms with Gasteiger partial charge in [-0.2, -0.15) is 0 Å². The van der Waals surface area contributed by atoms with Crippen LogP contribution in [0.1, 0.15) is 23.3 Å². The van der Waals surface area contributed by atoms with E-state index in [1.54, 1.807) is 18.5 Å². The molecule has 1 aliphatic rings. The number of ether oxygens (including phenoxy) is 1. The van der Waals surface area contributed by atoms with E-state index >= 15 is 0 Å². The molecular formula is C19H18ClN3O2. The molecule has 0 bridgehead atoms. The van der Waals surface area contributed by atoms with Gasteiger partial charge in [0.25, 0.3) is 5.91 Å². The van der Waals surface area contributed by atoms with E-state index in [-0.39, 0.29) is 12.0 Å². The van der Waals surface area contributed by atoms with Gasteiger partial charge in [0.15, 0.2) is 0 Å². The lowest BCUT2D eigenvalue weighted by atomic mass is 10.1. The molecule has 3 heterocycles. The van der Waals surface area contributed by atoms with Crippen molar-refractivity contribution >= 4 is 28.4 Å². The Bertz CT molecular complexity index is 875. The van der Waals surface area contributed by atoms with Crippen LogP contribution in [0.25, 0.3) is 10.9 Å². The smallest absolute Gasteiger partial charge is 0.270 e. The summed E-state index contributed by atoms with van der Waals surface area (Å²) >= 11 is 6.11. The largest absolute Gasteiger partial charge is 0.487 e. The minimum Gasteiger partial charge on any atom is -0.487 e. The number of nitrogens with one attached hydrogen (secondary N) is 1. The summed E-state index contributed by atoms with van der Waals surface area (Å²) in [6.07, 6.45) is 4.95. The van der Waals surface area contributed by atoms with Crippen LogP contribution in [-0.2, 0) is 0 Å². The third-order valence-electron chi connectivity index (χ3n) is 4.45. The van der Waals surface area contributed by atoms with Crippen molar-refractivity contribution in [3.63, 3.8) is 0 Å². The maximum absolute atomic E-state index is 12.8. The van der Waals surface area contributed by atoms with Gasteiger partial charge in [-0.3, -0.25) is 9.78 Å². The van der Waals surface area contributed by atoms with Gasteiger partial charge in [0.2, 0.25) is 0 Å². The molecule has 4 rings (SSSR count). The standard InChI is InChI=1S/C19H18ClN3O2/c20-15-11-21-8-7-18(15)25-14-5-3-9-23(12-14)19(24)17-10-13-4-1-2-6-16(13)22-17/h1-2,4,6-8,10-11,14,22H,3,5,9,12H2. The molecule has 5 nitrogen and oxygen atoms in total. The summed E-state index contributed by atoms with van der Waals surface area (Å²) in [6.45, 7) is 1.28. The quantitative estimate of drug-likeness (QED) is 0.775. The zero-order valence-electron chi connectivity index (χ0n) is 13.6. The average molecular weight is 356 g/mol. The molecule has 0 spiro atoms. The number of amides is 1. The SMILES string of the molecule is O=C(c1cc2ccccc2[nH]1)N1CCCC(Oc2ccncc2Cl)C1. The molecule has 1 atom stereocenters. The maximum Gasteiger partial charge on any atom is 0.270 e.